The number of aliphatic carboxylic acids is 1. The van der Waals surface area contributed by atoms with Gasteiger partial charge in [0.05, 0.1) is 15.5 Å². The second-order valence-electron chi connectivity index (χ2n) is 6.29. The Bertz CT molecular complexity index is 1110. The van der Waals surface area contributed by atoms with Crippen LogP contribution in [0.5, 0.6) is 0 Å². The fraction of sp³-hybridized carbons (Fsp3) is 0.211. The minimum Gasteiger partial charge on any atom is -0.478 e. The van der Waals surface area contributed by atoms with Crippen LogP contribution < -0.4 is 0 Å². The van der Waals surface area contributed by atoms with Crippen LogP contribution in [0.1, 0.15) is 17.2 Å². The molecule has 2 aromatic carbocycles. The molecule has 1 aliphatic rings. The van der Waals surface area contributed by atoms with Gasteiger partial charge in [-0.05, 0) is 17.7 Å². The van der Waals surface area contributed by atoms with E-state index in [0.29, 0.717) is 11.1 Å². The van der Waals surface area contributed by atoms with Crippen molar-refractivity contribution in [2.45, 2.75) is 17.2 Å². The van der Waals surface area contributed by atoms with Crippen molar-refractivity contribution < 1.29 is 32.7 Å². The van der Waals surface area contributed by atoms with Gasteiger partial charge in [0.25, 0.3) is 15.7 Å². The highest BCUT2D eigenvalue weighted by Crippen LogP contribution is 2.47. The van der Waals surface area contributed by atoms with Crippen molar-refractivity contribution in [3.05, 3.63) is 75.8 Å². The minimum absolute atomic E-state index is 0.0689. The lowest BCUT2D eigenvalue weighted by Crippen LogP contribution is -2.37. The quantitative estimate of drug-likeness (QED) is 0.304. The first-order valence-corrected chi connectivity index (χ1v) is 10.0. The van der Waals surface area contributed by atoms with E-state index in [1.807, 2.05) is 0 Å². The molecule has 0 saturated carbocycles. The minimum atomic E-state index is -4.34. The first-order valence-electron chi connectivity index (χ1n) is 8.60. The topological polar surface area (TPSA) is 136 Å². The summed E-state index contributed by atoms with van der Waals surface area (Å²) in [6.07, 6.45) is -0.247. The summed E-state index contributed by atoms with van der Waals surface area (Å²) in [6, 6.07) is 9.92. The molecule has 0 radical (unpaired) electrons. The summed E-state index contributed by atoms with van der Waals surface area (Å²) in [6.45, 7) is 0. The molecule has 10 nitrogen and oxygen atoms in total. The van der Waals surface area contributed by atoms with Crippen LogP contribution in [0.3, 0.4) is 0 Å². The fourth-order valence-electron chi connectivity index (χ4n) is 3.38. The Morgan fingerprint density at radius 2 is 1.77 bits per heavy atom. The molecule has 1 N–H and O–H groups in total. The first-order chi connectivity index (χ1) is 14.2. The van der Waals surface area contributed by atoms with Crippen molar-refractivity contribution in [1.82, 2.24) is 4.31 Å². The molecule has 1 aliphatic heterocycles. The molecular formula is C19H18N2O8S. The molecule has 158 valence electrons. The summed E-state index contributed by atoms with van der Waals surface area (Å²) in [7, 11) is -1.66. The summed E-state index contributed by atoms with van der Waals surface area (Å²) in [5, 5.41) is 20.3. The van der Waals surface area contributed by atoms with Crippen molar-refractivity contribution in [2.75, 3.05) is 14.2 Å². The molecule has 0 bridgehead atoms. The highest BCUT2D eigenvalue weighted by Gasteiger charge is 2.46. The molecule has 11 heteroatoms. The second-order valence-corrected chi connectivity index (χ2v) is 8.11. The Hall–Kier alpha value is -3.28. The summed E-state index contributed by atoms with van der Waals surface area (Å²) in [5.74, 6) is -1.34. The van der Waals surface area contributed by atoms with E-state index in [0.717, 1.165) is 34.6 Å². The van der Waals surface area contributed by atoms with Gasteiger partial charge >= 0.3 is 5.97 Å². The fourth-order valence-corrected chi connectivity index (χ4v) is 5.01. The number of sulfonamides is 1. The molecule has 1 atom stereocenters. The van der Waals surface area contributed by atoms with Crippen molar-refractivity contribution in [2.24, 2.45) is 0 Å². The molecule has 0 fully saturated rings. The van der Waals surface area contributed by atoms with Gasteiger partial charge < -0.3 is 14.6 Å². The maximum absolute atomic E-state index is 13.5. The number of hydrogen-bond donors (Lipinski definition) is 1. The van der Waals surface area contributed by atoms with Crippen LogP contribution in [0.25, 0.3) is 5.70 Å². The van der Waals surface area contributed by atoms with Crippen LogP contribution in [-0.4, -0.2) is 49.2 Å². The number of carbonyl (C=O) groups is 1. The van der Waals surface area contributed by atoms with Crippen LogP contribution in [0, 0.1) is 10.1 Å². The highest BCUT2D eigenvalue weighted by molar-refractivity contribution is 7.89. The van der Waals surface area contributed by atoms with E-state index in [2.05, 4.69) is 0 Å². The number of nitro groups is 1. The highest BCUT2D eigenvalue weighted by atomic mass is 32.2. The number of rotatable bonds is 7. The van der Waals surface area contributed by atoms with Gasteiger partial charge in [0.2, 0.25) is 0 Å². The predicted molar refractivity (Wildman–Crippen MR) is 105 cm³/mol. The van der Waals surface area contributed by atoms with Crippen molar-refractivity contribution in [1.29, 1.82) is 0 Å². The average molecular weight is 434 g/mol. The number of fused-ring (bicyclic) bond motifs is 1. The van der Waals surface area contributed by atoms with Crippen LogP contribution in [0.4, 0.5) is 5.69 Å². The van der Waals surface area contributed by atoms with Crippen molar-refractivity contribution in [3.63, 3.8) is 0 Å². The SMILES string of the molecule is COC(OC)C1c2ccccc2/C(=C\C(=O)O)N1S(=O)(=O)c1ccc([N+](=O)[O-])cc1. The van der Waals surface area contributed by atoms with Gasteiger partial charge in [-0.25, -0.2) is 13.2 Å². The van der Waals surface area contributed by atoms with E-state index >= 15 is 0 Å². The van der Waals surface area contributed by atoms with E-state index in [4.69, 9.17) is 9.47 Å². The van der Waals surface area contributed by atoms with Gasteiger partial charge in [0.1, 0.15) is 6.04 Å². The van der Waals surface area contributed by atoms with Gasteiger partial charge in [-0.3, -0.25) is 14.4 Å². The van der Waals surface area contributed by atoms with Gasteiger partial charge in [-0.2, -0.15) is 0 Å². The lowest BCUT2D eigenvalue weighted by molar-refractivity contribution is -0.384. The number of nitrogens with zero attached hydrogens (tertiary/aromatic N) is 2. The Balaban J connectivity index is 2.24. The molecule has 1 unspecified atom stereocenters. The second kappa shape index (κ2) is 8.22. The van der Waals surface area contributed by atoms with E-state index < -0.39 is 33.2 Å². The zero-order chi connectivity index (χ0) is 22.1. The average Bonchev–Trinajstić information content (AvgIpc) is 3.03. The third kappa shape index (κ3) is 3.65. The molecule has 1 heterocycles. The number of benzene rings is 2. The molecule has 3 rings (SSSR count). The Labute approximate surface area is 172 Å². The van der Waals surface area contributed by atoms with Crippen LogP contribution in [-0.2, 0) is 24.3 Å². The molecule has 0 aliphatic carbocycles. The van der Waals surface area contributed by atoms with Crippen molar-refractivity contribution in [3.8, 4) is 0 Å². The first kappa shape index (κ1) is 21.4. The number of hydrogen-bond acceptors (Lipinski definition) is 7. The van der Waals surface area contributed by atoms with Crippen LogP contribution >= 0.6 is 0 Å². The normalized spacial score (nSPS) is 17.4. The lowest BCUT2D eigenvalue weighted by atomic mass is 10.0. The lowest BCUT2D eigenvalue weighted by Gasteiger charge is -2.31. The number of ether oxygens (including phenoxy) is 2. The summed E-state index contributed by atoms with van der Waals surface area (Å²) < 4.78 is 38.6. The van der Waals surface area contributed by atoms with Crippen LogP contribution in [0.15, 0.2) is 59.5 Å². The predicted octanol–water partition coefficient (Wildman–Crippen LogP) is 2.38. The zero-order valence-electron chi connectivity index (χ0n) is 16.0. The molecular weight excluding hydrogens is 416 g/mol. The Morgan fingerprint density at radius 3 is 2.30 bits per heavy atom. The Morgan fingerprint density at radius 1 is 1.17 bits per heavy atom. The summed E-state index contributed by atoms with van der Waals surface area (Å²) >= 11 is 0. The maximum Gasteiger partial charge on any atom is 0.330 e. The van der Waals surface area contributed by atoms with E-state index in [-0.39, 0.29) is 16.3 Å². The number of methoxy groups -OCH3 is 2. The van der Waals surface area contributed by atoms with E-state index in [1.165, 1.54) is 14.2 Å². The number of carboxylic acid groups (broad SMARTS) is 1. The monoisotopic (exact) mass is 434 g/mol. The molecule has 0 saturated heterocycles. The molecule has 2 aromatic rings. The smallest absolute Gasteiger partial charge is 0.330 e. The van der Waals surface area contributed by atoms with E-state index in [9.17, 15) is 28.4 Å². The van der Waals surface area contributed by atoms with Crippen molar-refractivity contribution >= 4 is 27.4 Å². The number of nitro benzene ring substituents is 1. The van der Waals surface area contributed by atoms with E-state index in [1.54, 1.807) is 24.3 Å². The number of non-ortho nitro benzene ring substituents is 1. The third-order valence-corrected chi connectivity index (χ3v) is 6.44. The molecule has 0 spiro atoms. The number of carboxylic acids is 1. The van der Waals surface area contributed by atoms with Crippen LogP contribution in [0.2, 0.25) is 0 Å². The third-order valence-electron chi connectivity index (χ3n) is 4.63. The van der Waals surface area contributed by atoms with Gasteiger partial charge in [-0.15, -0.1) is 0 Å². The maximum atomic E-state index is 13.5. The standard InChI is InChI=1S/C19H18N2O8S/c1-28-19(29-2)18-15-6-4-3-5-14(15)16(11-17(22)23)20(18)30(26,27)13-9-7-12(8-10-13)21(24)25/h3-11,18-19H,1-2H3,(H,22,23)/b16-11+. The molecule has 0 amide bonds. The summed E-state index contributed by atoms with van der Waals surface area (Å²) in [5.41, 5.74) is 0.558. The van der Waals surface area contributed by atoms with Gasteiger partial charge in [0.15, 0.2) is 6.29 Å². The molecule has 0 aromatic heterocycles. The summed E-state index contributed by atoms with van der Waals surface area (Å²) in [4.78, 5) is 21.5. The molecule has 30 heavy (non-hydrogen) atoms. The van der Waals surface area contributed by atoms with Gasteiger partial charge in [-0.1, -0.05) is 24.3 Å². The zero-order valence-corrected chi connectivity index (χ0v) is 16.8. The Kier molecular flexibility index (Phi) is 5.87. The largest absolute Gasteiger partial charge is 0.478 e. The van der Waals surface area contributed by atoms with Gasteiger partial charge in [0, 0.05) is 38.0 Å².